The van der Waals surface area contributed by atoms with Gasteiger partial charge in [0.2, 0.25) is 15.9 Å². The Bertz CT molecular complexity index is 630. The van der Waals surface area contributed by atoms with E-state index in [0.29, 0.717) is 12.1 Å². The normalized spacial score (nSPS) is 22.7. The predicted octanol–water partition coefficient (Wildman–Crippen LogP) is 3.38. The van der Waals surface area contributed by atoms with Crippen LogP contribution in [-0.4, -0.2) is 30.7 Å². The Morgan fingerprint density at radius 2 is 1.74 bits per heavy atom. The number of rotatable bonds is 5. The van der Waals surface area contributed by atoms with Gasteiger partial charge in [-0.2, -0.15) is 4.31 Å². The number of nitrogens with zero attached hydrogens (tertiary/aromatic N) is 1. The fourth-order valence-electron chi connectivity index (χ4n) is 3.15. The SMILES string of the molecule is CCCC(=O)Nc1ccc(S(=O)(=O)N2[C@H](C)CCC[C@H]2C)cc1. The number of hydrogen-bond acceptors (Lipinski definition) is 3. The molecule has 128 valence electrons. The van der Waals surface area contributed by atoms with E-state index in [9.17, 15) is 13.2 Å². The number of sulfonamides is 1. The van der Waals surface area contributed by atoms with Gasteiger partial charge in [-0.25, -0.2) is 8.42 Å². The van der Waals surface area contributed by atoms with Crippen molar-refractivity contribution in [1.82, 2.24) is 4.31 Å². The van der Waals surface area contributed by atoms with E-state index in [1.165, 1.54) is 0 Å². The first-order chi connectivity index (χ1) is 10.9. The van der Waals surface area contributed by atoms with Gasteiger partial charge in [-0.15, -0.1) is 0 Å². The molecule has 1 heterocycles. The number of benzene rings is 1. The molecule has 0 bridgehead atoms. The van der Waals surface area contributed by atoms with Gasteiger partial charge < -0.3 is 5.32 Å². The third kappa shape index (κ3) is 4.12. The summed E-state index contributed by atoms with van der Waals surface area (Å²) in [6.07, 6.45) is 4.10. The summed E-state index contributed by atoms with van der Waals surface area (Å²) in [5.41, 5.74) is 0.627. The van der Waals surface area contributed by atoms with Crippen LogP contribution in [0.15, 0.2) is 29.2 Å². The molecule has 1 amide bonds. The van der Waals surface area contributed by atoms with Gasteiger partial charge >= 0.3 is 0 Å². The molecule has 6 heteroatoms. The average molecular weight is 338 g/mol. The summed E-state index contributed by atoms with van der Waals surface area (Å²) in [5.74, 6) is -0.0543. The van der Waals surface area contributed by atoms with Crippen molar-refractivity contribution in [2.24, 2.45) is 0 Å². The fourth-order valence-corrected chi connectivity index (χ4v) is 5.04. The van der Waals surface area contributed by atoms with Gasteiger partial charge in [0.25, 0.3) is 0 Å². The quantitative estimate of drug-likeness (QED) is 0.895. The highest BCUT2D eigenvalue weighted by atomic mass is 32.2. The topological polar surface area (TPSA) is 66.5 Å². The van der Waals surface area contributed by atoms with E-state index >= 15 is 0 Å². The molecular formula is C17H26N2O3S. The number of hydrogen-bond donors (Lipinski definition) is 1. The number of piperidine rings is 1. The van der Waals surface area contributed by atoms with Crippen molar-refractivity contribution in [2.75, 3.05) is 5.32 Å². The van der Waals surface area contributed by atoms with Crippen LogP contribution in [0.1, 0.15) is 52.9 Å². The first kappa shape index (κ1) is 17.9. The molecule has 23 heavy (non-hydrogen) atoms. The Balaban J connectivity index is 2.18. The number of carbonyl (C=O) groups excluding carboxylic acids is 1. The second-order valence-electron chi connectivity index (χ2n) is 6.29. The zero-order valence-electron chi connectivity index (χ0n) is 14.1. The van der Waals surface area contributed by atoms with Gasteiger partial charge in [-0.05, 0) is 57.4 Å². The van der Waals surface area contributed by atoms with E-state index in [1.54, 1.807) is 28.6 Å². The van der Waals surface area contributed by atoms with Crippen LogP contribution >= 0.6 is 0 Å². The summed E-state index contributed by atoms with van der Waals surface area (Å²) in [4.78, 5) is 11.9. The lowest BCUT2D eigenvalue weighted by molar-refractivity contribution is -0.116. The number of carbonyl (C=O) groups is 1. The standard InChI is InChI=1S/C17H26N2O3S/c1-4-6-17(20)18-15-9-11-16(12-10-15)23(21,22)19-13(2)7-5-8-14(19)3/h9-14H,4-8H2,1-3H3,(H,18,20)/t13-,14-/m1/s1. The van der Waals surface area contributed by atoms with Crippen molar-refractivity contribution in [3.05, 3.63) is 24.3 Å². The smallest absolute Gasteiger partial charge is 0.243 e. The molecule has 1 fully saturated rings. The molecule has 1 aliphatic heterocycles. The molecule has 0 spiro atoms. The van der Waals surface area contributed by atoms with Crippen LogP contribution in [0, 0.1) is 0 Å². The van der Waals surface area contributed by atoms with Crippen LogP contribution in [0.2, 0.25) is 0 Å². The molecule has 0 aliphatic carbocycles. The Labute approximate surface area is 139 Å². The van der Waals surface area contributed by atoms with E-state index < -0.39 is 10.0 Å². The van der Waals surface area contributed by atoms with Crippen LogP contribution in [-0.2, 0) is 14.8 Å². The largest absolute Gasteiger partial charge is 0.326 e. The monoisotopic (exact) mass is 338 g/mol. The van der Waals surface area contributed by atoms with Crippen molar-refractivity contribution in [3.63, 3.8) is 0 Å². The zero-order valence-corrected chi connectivity index (χ0v) is 14.9. The predicted molar refractivity (Wildman–Crippen MR) is 91.8 cm³/mol. The van der Waals surface area contributed by atoms with Crippen molar-refractivity contribution < 1.29 is 13.2 Å². The highest BCUT2D eigenvalue weighted by Gasteiger charge is 2.35. The molecule has 0 radical (unpaired) electrons. The van der Waals surface area contributed by atoms with Crippen molar-refractivity contribution in [3.8, 4) is 0 Å². The molecule has 0 unspecified atom stereocenters. The van der Waals surface area contributed by atoms with Crippen LogP contribution in [0.4, 0.5) is 5.69 Å². The van der Waals surface area contributed by atoms with Crippen molar-refractivity contribution in [2.45, 2.75) is 69.9 Å². The lowest BCUT2D eigenvalue weighted by Gasteiger charge is -2.37. The van der Waals surface area contributed by atoms with Gasteiger partial charge in [0.1, 0.15) is 0 Å². The third-order valence-electron chi connectivity index (χ3n) is 4.30. The lowest BCUT2D eigenvalue weighted by atomic mass is 10.0. The van der Waals surface area contributed by atoms with Crippen molar-refractivity contribution in [1.29, 1.82) is 0 Å². The van der Waals surface area contributed by atoms with E-state index in [2.05, 4.69) is 5.32 Å². The molecule has 1 aromatic rings. The van der Waals surface area contributed by atoms with Crippen LogP contribution < -0.4 is 5.32 Å². The number of anilines is 1. The van der Waals surface area contributed by atoms with Crippen LogP contribution in [0.25, 0.3) is 0 Å². The van der Waals surface area contributed by atoms with E-state index in [-0.39, 0.29) is 22.9 Å². The molecule has 1 aliphatic rings. The van der Waals surface area contributed by atoms with Gasteiger partial charge in [0.15, 0.2) is 0 Å². The van der Waals surface area contributed by atoms with E-state index in [0.717, 1.165) is 25.7 Å². The second kappa shape index (κ2) is 7.45. The second-order valence-corrected chi connectivity index (χ2v) is 8.13. The molecular weight excluding hydrogens is 312 g/mol. The molecule has 1 N–H and O–H groups in total. The summed E-state index contributed by atoms with van der Waals surface area (Å²) in [5, 5.41) is 2.77. The Morgan fingerprint density at radius 3 is 2.26 bits per heavy atom. The summed E-state index contributed by atoms with van der Waals surface area (Å²) < 4.78 is 27.4. The number of amides is 1. The van der Waals surface area contributed by atoms with Gasteiger partial charge in [-0.3, -0.25) is 4.79 Å². The minimum absolute atomic E-state index is 0.0210. The maximum Gasteiger partial charge on any atom is 0.243 e. The molecule has 0 aromatic heterocycles. The van der Waals surface area contributed by atoms with Crippen molar-refractivity contribution >= 4 is 21.6 Å². The van der Waals surface area contributed by atoms with Gasteiger partial charge in [0, 0.05) is 24.2 Å². The summed E-state index contributed by atoms with van der Waals surface area (Å²) in [6, 6.07) is 6.50. The molecule has 0 saturated carbocycles. The van der Waals surface area contributed by atoms with Crippen LogP contribution in [0.5, 0.6) is 0 Å². The maximum atomic E-state index is 12.9. The minimum atomic E-state index is -3.50. The first-order valence-electron chi connectivity index (χ1n) is 8.29. The Kier molecular flexibility index (Phi) is 5.81. The summed E-state index contributed by atoms with van der Waals surface area (Å²) in [7, 11) is -3.50. The Morgan fingerprint density at radius 1 is 1.17 bits per heavy atom. The van der Waals surface area contributed by atoms with E-state index in [4.69, 9.17) is 0 Å². The average Bonchev–Trinajstić information content (AvgIpc) is 2.47. The zero-order chi connectivity index (χ0) is 17.0. The fraction of sp³-hybridized carbons (Fsp3) is 0.588. The first-order valence-corrected chi connectivity index (χ1v) is 9.73. The Hall–Kier alpha value is -1.40. The molecule has 2 atom stereocenters. The van der Waals surface area contributed by atoms with Gasteiger partial charge in [0.05, 0.1) is 4.90 Å². The molecule has 5 nitrogen and oxygen atoms in total. The summed E-state index contributed by atoms with van der Waals surface area (Å²) in [6.45, 7) is 5.87. The summed E-state index contributed by atoms with van der Waals surface area (Å²) >= 11 is 0. The minimum Gasteiger partial charge on any atom is -0.326 e. The van der Waals surface area contributed by atoms with Gasteiger partial charge in [-0.1, -0.05) is 13.3 Å². The highest BCUT2D eigenvalue weighted by molar-refractivity contribution is 7.89. The van der Waals surface area contributed by atoms with E-state index in [1.807, 2.05) is 20.8 Å². The third-order valence-corrected chi connectivity index (χ3v) is 6.45. The lowest BCUT2D eigenvalue weighted by Crippen LogP contribution is -2.47. The van der Waals surface area contributed by atoms with Crippen LogP contribution in [0.3, 0.4) is 0 Å². The molecule has 2 rings (SSSR count). The number of nitrogens with one attached hydrogen (secondary N) is 1. The molecule has 1 aromatic carbocycles. The molecule has 1 saturated heterocycles. The maximum absolute atomic E-state index is 12.9. The highest BCUT2D eigenvalue weighted by Crippen LogP contribution is 2.29.